The van der Waals surface area contributed by atoms with Gasteiger partial charge in [-0.3, -0.25) is 4.79 Å². The summed E-state index contributed by atoms with van der Waals surface area (Å²) in [6.07, 6.45) is 4.39. The van der Waals surface area contributed by atoms with E-state index in [1.807, 2.05) is 24.3 Å². The third kappa shape index (κ3) is 4.53. The van der Waals surface area contributed by atoms with Gasteiger partial charge >= 0.3 is 0 Å². The van der Waals surface area contributed by atoms with E-state index in [9.17, 15) is 13.2 Å². The number of carbonyl (C=O) groups is 1. The van der Waals surface area contributed by atoms with Crippen LogP contribution < -0.4 is 14.8 Å². The Hall–Kier alpha value is -2.95. The van der Waals surface area contributed by atoms with Crippen LogP contribution in [0.25, 0.3) is 0 Å². The predicted octanol–water partition coefficient (Wildman–Crippen LogP) is 3.79. The molecule has 5 rings (SSSR count). The second-order valence-corrected chi connectivity index (χ2v) is 11.6. The van der Waals surface area contributed by atoms with Gasteiger partial charge in [-0.2, -0.15) is 4.31 Å². The van der Waals surface area contributed by atoms with Gasteiger partial charge in [-0.15, -0.1) is 11.3 Å². The molecule has 3 aromatic rings. The maximum atomic E-state index is 13.8. The van der Waals surface area contributed by atoms with Crippen molar-refractivity contribution < 1.29 is 22.7 Å². The lowest BCUT2D eigenvalue weighted by atomic mass is 9.95. The minimum absolute atomic E-state index is 0.0389. The maximum absolute atomic E-state index is 13.8. The molecule has 2 aromatic carbocycles. The normalized spacial score (nSPS) is 17.8. The Morgan fingerprint density at radius 3 is 2.54 bits per heavy atom. The van der Waals surface area contributed by atoms with Crippen molar-refractivity contribution >= 4 is 32.4 Å². The van der Waals surface area contributed by atoms with Gasteiger partial charge in [0.25, 0.3) is 0 Å². The van der Waals surface area contributed by atoms with E-state index in [0.29, 0.717) is 16.6 Å². The van der Waals surface area contributed by atoms with Crippen molar-refractivity contribution in [3.8, 4) is 11.5 Å². The Labute approximate surface area is 209 Å². The number of methoxy groups -OCH3 is 2. The molecule has 0 saturated carbocycles. The second kappa shape index (κ2) is 9.60. The number of hydrogen-bond donors (Lipinski definition) is 1. The zero-order chi connectivity index (χ0) is 24.6. The Bertz CT molecular complexity index is 1350. The van der Waals surface area contributed by atoms with Crippen LogP contribution in [0, 0.1) is 0 Å². The van der Waals surface area contributed by atoms with Crippen LogP contribution in [-0.2, 0) is 40.6 Å². The summed E-state index contributed by atoms with van der Waals surface area (Å²) in [6, 6.07) is 11.2. The average Bonchev–Trinajstić information content (AvgIpc) is 3.29. The summed E-state index contributed by atoms with van der Waals surface area (Å²) >= 11 is 1.49. The summed E-state index contributed by atoms with van der Waals surface area (Å²) in [5, 5.41) is 3.44. The number of fused-ring (bicyclic) bond motifs is 2. The van der Waals surface area contributed by atoms with Crippen LogP contribution >= 0.6 is 11.3 Å². The molecule has 35 heavy (non-hydrogen) atoms. The van der Waals surface area contributed by atoms with Gasteiger partial charge in [-0.05, 0) is 55.4 Å². The Kier molecular flexibility index (Phi) is 6.52. The number of aromatic nitrogens is 1. The van der Waals surface area contributed by atoms with Gasteiger partial charge in [0.15, 0.2) is 16.6 Å². The lowest BCUT2D eigenvalue weighted by Gasteiger charge is -2.34. The molecule has 184 valence electrons. The van der Waals surface area contributed by atoms with E-state index >= 15 is 0 Å². The highest BCUT2D eigenvalue weighted by atomic mass is 32.2. The van der Waals surface area contributed by atoms with Crippen LogP contribution in [0.1, 0.15) is 34.5 Å². The summed E-state index contributed by atoms with van der Waals surface area (Å²) < 4.78 is 39.5. The maximum Gasteiger partial charge on any atom is 0.244 e. The molecule has 2 aliphatic rings. The molecule has 0 unspecified atom stereocenters. The minimum atomic E-state index is -4.03. The lowest BCUT2D eigenvalue weighted by Crippen LogP contribution is -2.50. The zero-order valence-electron chi connectivity index (χ0n) is 19.6. The SMILES string of the molecule is COc1ccc(S(=O)(=O)N2Cc3ccccc3C[C@@H]2C(=O)Nc2nc3c(s2)CCCC3)cc1OC. The highest BCUT2D eigenvalue weighted by molar-refractivity contribution is 7.89. The molecule has 8 nitrogen and oxygen atoms in total. The molecule has 2 heterocycles. The fourth-order valence-electron chi connectivity index (χ4n) is 4.68. The standard InChI is InChI=1S/C25H27N3O5S2/c1-32-21-12-11-18(14-22(21)33-2)35(30,31)28-15-17-8-4-3-7-16(17)13-20(28)24(29)27-25-26-19-9-5-6-10-23(19)34-25/h3-4,7-8,11-12,14,20H,5-6,9-10,13,15H2,1-2H3,(H,26,27,29)/t20-/m1/s1. The number of anilines is 1. The smallest absolute Gasteiger partial charge is 0.244 e. The summed E-state index contributed by atoms with van der Waals surface area (Å²) in [6.45, 7) is 0.0965. The van der Waals surface area contributed by atoms with Crippen molar-refractivity contribution in [2.75, 3.05) is 19.5 Å². The Morgan fingerprint density at radius 1 is 1.06 bits per heavy atom. The van der Waals surface area contributed by atoms with Gasteiger partial charge in [-0.1, -0.05) is 24.3 Å². The number of ether oxygens (including phenoxy) is 2. The van der Waals surface area contributed by atoms with Crippen molar-refractivity contribution in [3.05, 3.63) is 64.2 Å². The number of nitrogens with zero attached hydrogens (tertiary/aromatic N) is 2. The molecular weight excluding hydrogens is 486 g/mol. The number of sulfonamides is 1. The van der Waals surface area contributed by atoms with Crippen molar-refractivity contribution in [2.45, 2.75) is 49.6 Å². The Morgan fingerprint density at radius 2 is 1.80 bits per heavy atom. The number of thiazole rings is 1. The molecule has 0 bridgehead atoms. The van der Waals surface area contributed by atoms with Crippen LogP contribution in [0.3, 0.4) is 0 Å². The number of benzene rings is 2. The predicted molar refractivity (Wildman–Crippen MR) is 134 cm³/mol. The molecule has 1 atom stereocenters. The Balaban J connectivity index is 1.49. The lowest BCUT2D eigenvalue weighted by molar-refractivity contribution is -0.120. The molecule has 0 fully saturated rings. The van der Waals surface area contributed by atoms with Crippen LogP contribution in [0.4, 0.5) is 5.13 Å². The number of carbonyl (C=O) groups excluding carboxylic acids is 1. The van der Waals surface area contributed by atoms with E-state index in [0.717, 1.165) is 42.5 Å². The van der Waals surface area contributed by atoms with Crippen LogP contribution in [-0.4, -0.2) is 43.9 Å². The average molecular weight is 514 g/mol. The zero-order valence-corrected chi connectivity index (χ0v) is 21.2. The molecule has 1 aromatic heterocycles. The summed E-state index contributed by atoms with van der Waals surface area (Å²) in [4.78, 5) is 19.4. The highest BCUT2D eigenvalue weighted by Crippen LogP contribution is 2.35. The number of hydrogen-bond acceptors (Lipinski definition) is 7. The van der Waals surface area contributed by atoms with Crippen LogP contribution in [0.15, 0.2) is 47.4 Å². The number of aryl methyl sites for hydroxylation is 2. The van der Waals surface area contributed by atoms with E-state index in [1.165, 1.54) is 46.9 Å². The molecule has 0 saturated heterocycles. The molecule has 0 radical (unpaired) electrons. The molecular formula is C25H27N3O5S2. The molecule has 0 spiro atoms. The van der Waals surface area contributed by atoms with E-state index in [-0.39, 0.29) is 23.8 Å². The van der Waals surface area contributed by atoms with Gasteiger partial charge < -0.3 is 14.8 Å². The monoisotopic (exact) mass is 513 g/mol. The summed E-state index contributed by atoms with van der Waals surface area (Å²) in [5.41, 5.74) is 2.88. The third-order valence-electron chi connectivity index (χ3n) is 6.55. The fourth-order valence-corrected chi connectivity index (χ4v) is 7.32. The van der Waals surface area contributed by atoms with Gasteiger partial charge in [0.1, 0.15) is 6.04 Å². The largest absolute Gasteiger partial charge is 0.493 e. The van der Waals surface area contributed by atoms with E-state index < -0.39 is 16.1 Å². The molecule has 1 aliphatic heterocycles. The van der Waals surface area contributed by atoms with Crippen molar-refractivity contribution in [1.82, 2.24) is 9.29 Å². The highest BCUT2D eigenvalue weighted by Gasteiger charge is 2.40. The van der Waals surface area contributed by atoms with E-state index in [4.69, 9.17) is 9.47 Å². The third-order valence-corrected chi connectivity index (χ3v) is 9.47. The number of rotatable bonds is 6. The van der Waals surface area contributed by atoms with Crippen molar-refractivity contribution in [3.63, 3.8) is 0 Å². The topological polar surface area (TPSA) is 97.8 Å². The van der Waals surface area contributed by atoms with Gasteiger partial charge in [-0.25, -0.2) is 13.4 Å². The quantitative estimate of drug-likeness (QED) is 0.539. The number of nitrogens with one attached hydrogen (secondary N) is 1. The van der Waals surface area contributed by atoms with Gasteiger partial charge in [0, 0.05) is 17.5 Å². The van der Waals surface area contributed by atoms with Crippen LogP contribution in [0.2, 0.25) is 0 Å². The van der Waals surface area contributed by atoms with E-state index in [2.05, 4.69) is 10.3 Å². The molecule has 10 heteroatoms. The van der Waals surface area contributed by atoms with Gasteiger partial charge in [0.2, 0.25) is 15.9 Å². The first-order chi connectivity index (χ1) is 16.9. The first-order valence-corrected chi connectivity index (χ1v) is 13.8. The van der Waals surface area contributed by atoms with Gasteiger partial charge in [0.05, 0.1) is 24.8 Å². The second-order valence-electron chi connectivity index (χ2n) is 8.64. The van der Waals surface area contributed by atoms with Crippen molar-refractivity contribution in [1.29, 1.82) is 0 Å². The summed E-state index contributed by atoms with van der Waals surface area (Å²) in [5.74, 6) is 0.354. The van der Waals surface area contributed by atoms with Crippen molar-refractivity contribution in [2.24, 2.45) is 0 Å². The first-order valence-electron chi connectivity index (χ1n) is 11.5. The van der Waals surface area contributed by atoms with Crippen LogP contribution in [0.5, 0.6) is 11.5 Å². The molecule has 1 amide bonds. The minimum Gasteiger partial charge on any atom is -0.493 e. The summed E-state index contributed by atoms with van der Waals surface area (Å²) in [7, 11) is -1.09. The fraction of sp³-hybridized carbons (Fsp3) is 0.360. The molecule has 1 aliphatic carbocycles. The molecule has 1 N–H and O–H groups in total. The van der Waals surface area contributed by atoms with E-state index in [1.54, 1.807) is 6.07 Å². The number of amides is 1. The first kappa shape index (κ1) is 23.8.